The van der Waals surface area contributed by atoms with Crippen LogP contribution >= 0.6 is 15.9 Å². The zero-order valence-corrected chi connectivity index (χ0v) is 14.9. The summed E-state index contributed by atoms with van der Waals surface area (Å²) in [5.41, 5.74) is 2.01. The highest BCUT2D eigenvalue weighted by Crippen LogP contribution is 2.36. The molecule has 25 heavy (non-hydrogen) atoms. The average molecular weight is 400 g/mol. The number of carbonyl (C=O) groups excluding carboxylic acids is 3. The van der Waals surface area contributed by atoms with Crippen molar-refractivity contribution in [3.63, 3.8) is 0 Å². The molecule has 0 unspecified atom stereocenters. The van der Waals surface area contributed by atoms with E-state index in [0.717, 1.165) is 21.0 Å². The molecule has 0 bridgehead atoms. The standard InChI is InChI=1S/C19H14BrNO4/c1-12(22)21-17-5-3-2-4-15(17)16(19(21)24)10-18(23)25-11-13-6-8-14(20)9-7-13/h2-10H,11H2,1H3/b16-10+. The van der Waals surface area contributed by atoms with Crippen LogP contribution in [0.3, 0.4) is 0 Å². The van der Waals surface area contributed by atoms with Crippen LogP contribution in [0, 0.1) is 0 Å². The lowest BCUT2D eigenvalue weighted by Crippen LogP contribution is -2.31. The molecule has 0 N–H and O–H groups in total. The van der Waals surface area contributed by atoms with Gasteiger partial charge in [-0.3, -0.25) is 9.59 Å². The largest absolute Gasteiger partial charge is 0.458 e. The zero-order chi connectivity index (χ0) is 18.0. The minimum atomic E-state index is -0.633. The van der Waals surface area contributed by atoms with Crippen molar-refractivity contribution < 1.29 is 19.1 Å². The zero-order valence-electron chi connectivity index (χ0n) is 13.4. The van der Waals surface area contributed by atoms with E-state index >= 15 is 0 Å². The predicted molar refractivity (Wildman–Crippen MR) is 96.5 cm³/mol. The molecule has 2 amide bonds. The van der Waals surface area contributed by atoms with Gasteiger partial charge in [0.05, 0.1) is 11.3 Å². The Bertz CT molecular complexity index is 887. The van der Waals surface area contributed by atoms with Gasteiger partial charge in [0.2, 0.25) is 5.91 Å². The second-order valence-electron chi connectivity index (χ2n) is 5.47. The number of amides is 2. The van der Waals surface area contributed by atoms with Crippen LogP contribution in [0.15, 0.2) is 59.1 Å². The number of rotatable bonds is 3. The van der Waals surface area contributed by atoms with E-state index in [4.69, 9.17) is 4.74 Å². The SMILES string of the molecule is CC(=O)N1C(=O)/C(=C/C(=O)OCc2ccc(Br)cc2)c2ccccc21. The van der Waals surface area contributed by atoms with Crippen molar-refractivity contribution in [1.29, 1.82) is 0 Å². The maximum absolute atomic E-state index is 12.5. The number of fused-ring (bicyclic) bond motifs is 1. The van der Waals surface area contributed by atoms with Gasteiger partial charge in [0.15, 0.2) is 0 Å². The van der Waals surface area contributed by atoms with Gasteiger partial charge in [-0.05, 0) is 23.8 Å². The van der Waals surface area contributed by atoms with Crippen LogP contribution in [-0.4, -0.2) is 17.8 Å². The number of hydrogen-bond donors (Lipinski definition) is 0. The Labute approximate surface area is 153 Å². The van der Waals surface area contributed by atoms with Gasteiger partial charge >= 0.3 is 5.97 Å². The molecule has 0 radical (unpaired) electrons. The lowest BCUT2D eigenvalue weighted by Gasteiger charge is -2.11. The van der Waals surface area contributed by atoms with Gasteiger partial charge in [0.1, 0.15) is 6.61 Å². The van der Waals surface area contributed by atoms with Crippen molar-refractivity contribution in [3.05, 3.63) is 70.2 Å². The Morgan fingerprint density at radius 3 is 2.48 bits per heavy atom. The van der Waals surface area contributed by atoms with Gasteiger partial charge in [-0.15, -0.1) is 0 Å². The molecule has 0 saturated heterocycles. The quantitative estimate of drug-likeness (QED) is 0.585. The number of benzene rings is 2. The molecule has 2 aromatic rings. The fourth-order valence-electron chi connectivity index (χ4n) is 2.59. The number of para-hydroxylation sites is 1. The van der Waals surface area contributed by atoms with Gasteiger partial charge in [0, 0.05) is 23.0 Å². The normalized spacial score (nSPS) is 14.6. The minimum Gasteiger partial charge on any atom is -0.458 e. The second-order valence-corrected chi connectivity index (χ2v) is 6.38. The van der Waals surface area contributed by atoms with Crippen molar-refractivity contribution in [3.8, 4) is 0 Å². The van der Waals surface area contributed by atoms with Crippen molar-refractivity contribution in [2.45, 2.75) is 13.5 Å². The van der Waals surface area contributed by atoms with Crippen molar-refractivity contribution >= 4 is 45.0 Å². The van der Waals surface area contributed by atoms with Gasteiger partial charge in [0.25, 0.3) is 5.91 Å². The molecular weight excluding hydrogens is 386 g/mol. The van der Waals surface area contributed by atoms with Crippen molar-refractivity contribution in [2.75, 3.05) is 4.90 Å². The third kappa shape index (κ3) is 3.53. The van der Waals surface area contributed by atoms with Crippen LogP contribution in [0.5, 0.6) is 0 Å². The number of nitrogens with zero attached hydrogens (tertiary/aromatic N) is 1. The molecule has 0 atom stereocenters. The van der Waals surface area contributed by atoms with E-state index in [1.165, 1.54) is 6.92 Å². The van der Waals surface area contributed by atoms with Crippen molar-refractivity contribution in [2.24, 2.45) is 0 Å². The van der Waals surface area contributed by atoms with E-state index in [-0.39, 0.29) is 12.2 Å². The highest BCUT2D eigenvalue weighted by atomic mass is 79.9. The number of ether oxygens (including phenoxy) is 1. The molecule has 0 spiro atoms. The number of anilines is 1. The minimum absolute atomic E-state index is 0.0994. The highest BCUT2D eigenvalue weighted by molar-refractivity contribution is 9.10. The Balaban J connectivity index is 1.80. The molecule has 0 fully saturated rings. The first-order chi connectivity index (χ1) is 12.0. The summed E-state index contributed by atoms with van der Waals surface area (Å²) in [6.45, 7) is 1.41. The summed E-state index contributed by atoms with van der Waals surface area (Å²) in [5.74, 6) is -1.55. The molecule has 1 aliphatic heterocycles. The Morgan fingerprint density at radius 2 is 1.80 bits per heavy atom. The van der Waals surface area contributed by atoms with E-state index < -0.39 is 17.8 Å². The maximum Gasteiger partial charge on any atom is 0.331 e. The van der Waals surface area contributed by atoms with E-state index in [1.807, 2.05) is 24.3 Å². The van der Waals surface area contributed by atoms with Crippen LogP contribution < -0.4 is 4.90 Å². The third-order valence-electron chi connectivity index (χ3n) is 3.74. The lowest BCUT2D eigenvalue weighted by molar-refractivity contribution is -0.139. The summed E-state index contributed by atoms with van der Waals surface area (Å²) in [6, 6.07) is 14.2. The molecule has 0 saturated carbocycles. The number of imide groups is 1. The first-order valence-electron chi connectivity index (χ1n) is 7.54. The monoisotopic (exact) mass is 399 g/mol. The van der Waals surface area contributed by atoms with E-state index in [9.17, 15) is 14.4 Å². The molecule has 0 aliphatic carbocycles. The smallest absolute Gasteiger partial charge is 0.331 e. The molecule has 2 aromatic carbocycles. The molecule has 5 nitrogen and oxygen atoms in total. The first-order valence-corrected chi connectivity index (χ1v) is 8.34. The number of hydrogen-bond acceptors (Lipinski definition) is 4. The van der Waals surface area contributed by atoms with Crippen LogP contribution in [0.1, 0.15) is 18.1 Å². The molecule has 126 valence electrons. The van der Waals surface area contributed by atoms with E-state index in [1.54, 1.807) is 24.3 Å². The van der Waals surface area contributed by atoms with Crippen LogP contribution in [0.25, 0.3) is 5.57 Å². The molecular formula is C19H14BrNO4. The van der Waals surface area contributed by atoms with E-state index in [0.29, 0.717) is 11.3 Å². The van der Waals surface area contributed by atoms with Crippen LogP contribution in [0.4, 0.5) is 5.69 Å². The Hall–Kier alpha value is -2.73. The van der Waals surface area contributed by atoms with Crippen LogP contribution in [-0.2, 0) is 25.7 Å². The summed E-state index contributed by atoms with van der Waals surface area (Å²) < 4.78 is 6.14. The Kier molecular flexibility index (Phi) is 4.81. The fraction of sp³-hybridized carbons (Fsp3) is 0.105. The molecule has 1 heterocycles. The predicted octanol–water partition coefficient (Wildman–Crippen LogP) is 3.47. The van der Waals surface area contributed by atoms with Gasteiger partial charge in [-0.1, -0.05) is 46.3 Å². The molecule has 0 aromatic heterocycles. The molecule has 3 rings (SSSR count). The molecule has 1 aliphatic rings. The summed E-state index contributed by atoms with van der Waals surface area (Å²) in [5, 5.41) is 0. The summed E-state index contributed by atoms with van der Waals surface area (Å²) in [7, 11) is 0. The molecule has 6 heteroatoms. The van der Waals surface area contributed by atoms with Crippen LogP contribution in [0.2, 0.25) is 0 Å². The average Bonchev–Trinajstić information content (AvgIpc) is 2.86. The summed E-state index contributed by atoms with van der Waals surface area (Å²) in [4.78, 5) is 37.4. The third-order valence-corrected chi connectivity index (χ3v) is 4.27. The number of carbonyl (C=O) groups is 3. The number of esters is 1. The van der Waals surface area contributed by atoms with Gasteiger partial charge < -0.3 is 4.74 Å². The Morgan fingerprint density at radius 1 is 1.12 bits per heavy atom. The maximum atomic E-state index is 12.5. The van der Waals surface area contributed by atoms with Gasteiger partial charge in [-0.2, -0.15) is 0 Å². The highest BCUT2D eigenvalue weighted by Gasteiger charge is 2.35. The second kappa shape index (κ2) is 7.03. The first kappa shape index (κ1) is 17.1. The van der Waals surface area contributed by atoms with E-state index in [2.05, 4.69) is 15.9 Å². The fourth-order valence-corrected chi connectivity index (χ4v) is 2.85. The van der Waals surface area contributed by atoms with Crippen molar-refractivity contribution in [1.82, 2.24) is 0 Å². The van der Waals surface area contributed by atoms with Gasteiger partial charge in [-0.25, -0.2) is 9.69 Å². The summed E-state index contributed by atoms with van der Waals surface area (Å²) >= 11 is 3.34. The summed E-state index contributed by atoms with van der Waals surface area (Å²) in [6.07, 6.45) is 1.14. The topological polar surface area (TPSA) is 63.7 Å². The number of halogens is 1. The lowest BCUT2D eigenvalue weighted by atomic mass is 10.1.